The van der Waals surface area contributed by atoms with Crippen molar-refractivity contribution in [2.45, 2.75) is 91.3 Å². The van der Waals surface area contributed by atoms with Crippen molar-refractivity contribution in [2.75, 3.05) is 6.54 Å². The monoisotopic (exact) mass is 515 g/mol. The van der Waals surface area contributed by atoms with Gasteiger partial charge in [0, 0.05) is 18.9 Å². The zero-order chi connectivity index (χ0) is 27.3. The number of aliphatic carboxylic acids is 1. The molecular formula is C27H41N5O5. The molecule has 204 valence electrons. The summed E-state index contributed by atoms with van der Waals surface area (Å²) in [5.41, 5.74) is -0.574. The van der Waals surface area contributed by atoms with Gasteiger partial charge in [0.2, 0.25) is 11.8 Å². The van der Waals surface area contributed by atoms with E-state index in [1.165, 1.54) is 23.5 Å². The number of carbonyl (C=O) groups excluding carboxylic acids is 3. The maximum absolute atomic E-state index is 13.8. The molecule has 1 aliphatic carbocycles. The summed E-state index contributed by atoms with van der Waals surface area (Å²) in [5, 5.41) is 15.7. The molecule has 1 aromatic rings. The number of nitrogens with one attached hydrogen (secondary N) is 2. The van der Waals surface area contributed by atoms with E-state index in [0.717, 1.165) is 38.5 Å². The highest BCUT2D eigenvalue weighted by Crippen LogP contribution is 2.34. The summed E-state index contributed by atoms with van der Waals surface area (Å²) in [6.45, 7) is 9.73. The Balaban J connectivity index is 1.86. The largest absolute Gasteiger partial charge is 0.480 e. The second-order valence-electron chi connectivity index (χ2n) is 11.5. The Hall–Kier alpha value is -3.04. The molecular weight excluding hydrogens is 474 g/mol. The molecule has 3 amide bonds. The van der Waals surface area contributed by atoms with Crippen LogP contribution in [0.2, 0.25) is 0 Å². The third kappa shape index (κ3) is 6.64. The first-order valence-electron chi connectivity index (χ1n) is 13.4. The van der Waals surface area contributed by atoms with Crippen LogP contribution in [0.5, 0.6) is 0 Å². The van der Waals surface area contributed by atoms with Crippen molar-refractivity contribution in [3.63, 3.8) is 0 Å². The van der Waals surface area contributed by atoms with E-state index in [1.807, 2.05) is 34.6 Å². The third-order valence-electron chi connectivity index (χ3n) is 7.95. The lowest BCUT2D eigenvalue weighted by molar-refractivity contribution is -0.152. The van der Waals surface area contributed by atoms with E-state index in [-0.39, 0.29) is 23.4 Å². The molecule has 1 aromatic heterocycles. The zero-order valence-electron chi connectivity index (χ0n) is 22.6. The Morgan fingerprint density at radius 1 is 1.11 bits per heavy atom. The molecule has 1 saturated carbocycles. The summed E-state index contributed by atoms with van der Waals surface area (Å²) >= 11 is 0. The van der Waals surface area contributed by atoms with E-state index in [1.54, 1.807) is 0 Å². The highest BCUT2D eigenvalue weighted by Gasteiger charge is 2.48. The summed E-state index contributed by atoms with van der Waals surface area (Å²) in [5.74, 6) is -2.57. The van der Waals surface area contributed by atoms with Gasteiger partial charge in [0.15, 0.2) is 0 Å². The van der Waals surface area contributed by atoms with Crippen molar-refractivity contribution in [3.05, 3.63) is 24.3 Å². The molecule has 0 spiro atoms. The fourth-order valence-corrected chi connectivity index (χ4v) is 5.70. The van der Waals surface area contributed by atoms with Crippen LogP contribution in [0.3, 0.4) is 0 Å². The van der Waals surface area contributed by atoms with Gasteiger partial charge in [-0.3, -0.25) is 19.4 Å². The number of aromatic nitrogens is 2. The lowest BCUT2D eigenvalue weighted by atomic mass is 9.82. The van der Waals surface area contributed by atoms with Crippen LogP contribution in [-0.4, -0.2) is 68.3 Å². The standard InChI is InChI=1S/C27H41N5O5/c1-6-17-15-32(21(16(17)2)26(36)37)25(35)22(27(3,4)5)31-24(34)20(18-10-8-7-9-11-18)30-23(33)19-14-28-12-13-29-19/h12-14,16-18,20-22H,6-11,15H2,1-5H3,(H,30,33)(H,31,34)(H,36,37). The molecule has 0 radical (unpaired) electrons. The van der Waals surface area contributed by atoms with Crippen LogP contribution < -0.4 is 10.6 Å². The second kappa shape index (κ2) is 12.0. The molecule has 1 saturated heterocycles. The molecule has 1 aliphatic heterocycles. The molecule has 2 fully saturated rings. The van der Waals surface area contributed by atoms with Gasteiger partial charge in [-0.15, -0.1) is 0 Å². The van der Waals surface area contributed by atoms with Crippen LogP contribution in [0.25, 0.3) is 0 Å². The smallest absolute Gasteiger partial charge is 0.326 e. The number of carboxylic acid groups (broad SMARTS) is 1. The van der Waals surface area contributed by atoms with Crippen LogP contribution in [-0.2, 0) is 14.4 Å². The maximum Gasteiger partial charge on any atom is 0.326 e. The topological polar surface area (TPSA) is 142 Å². The molecule has 5 atom stereocenters. The van der Waals surface area contributed by atoms with Gasteiger partial charge >= 0.3 is 5.97 Å². The lowest BCUT2D eigenvalue weighted by Gasteiger charge is -2.37. The molecule has 3 N–H and O–H groups in total. The third-order valence-corrected chi connectivity index (χ3v) is 7.95. The van der Waals surface area contributed by atoms with Gasteiger partial charge < -0.3 is 20.6 Å². The van der Waals surface area contributed by atoms with Crippen molar-refractivity contribution in [3.8, 4) is 0 Å². The molecule has 10 nitrogen and oxygen atoms in total. The van der Waals surface area contributed by atoms with E-state index < -0.39 is 47.2 Å². The molecule has 2 heterocycles. The number of carbonyl (C=O) groups is 4. The Morgan fingerprint density at radius 3 is 2.32 bits per heavy atom. The molecule has 2 aliphatic rings. The van der Waals surface area contributed by atoms with E-state index in [9.17, 15) is 24.3 Å². The Labute approximate surface area is 219 Å². The van der Waals surface area contributed by atoms with Gasteiger partial charge in [-0.1, -0.05) is 60.3 Å². The van der Waals surface area contributed by atoms with Crippen molar-refractivity contribution in [1.29, 1.82) is 0 Å². The van der Waals surface area contributed by atoms with Crippen LogP contribution in [0.1, 0.15) is 83.6 Å². The number of hydrogen-bond acceptors (Lipinski definition) is 6. The molecule has 3 rings (SSSR count). The molecule has 37 heavy (non-hydrogen) atoms. The normalized spacial score (nSPS) is 24.2. The van der Waals surface area contributed by atoms with Gasteiger partial charge in [0.25, 0.3) is 5.91 Å². The number of nitrogens with zero attached hydrogens (tertiary/aromatic N) is 3. The van der Waals surface area contributed by atoms with E-state index in [2.05, 4.69) is 20.6 Å². The van der Waals surface area contributed by atoms with Gasteiger partial charge in [-0.05, 0) is 36.0 Å². The number of hydrogen-bond donors (Lipinski definition) is 3. The van der Waals surface area contributed by atoms with Crippen molar-refractivity contribution >= 4 is 23.7 Å². The first-order chi connectivity index (χ1) is 17.5. The van der Waals surface area contributed by atoms with Gasteiger partial charge in [0.05, 0.1) is 6.20 Å². The molecule has 0 aromatic carbocycles. The highest BCUT2D eigenvalue weighted by atomic mass is 16.4. The van der Waals surface area contributed by atoms with Crippen molar-refractivity contribution in [1.82, 2.24) is 25.5 Å². The van der Waals surface area contributed by atoms with E-state index >= 15 is 0 Å². The van der Waals surface area contributed by atoms with Gasteiger partial charge in [-0.2, -0.15) is 0 Å². The fourth-order valence-electron chi connectivity index (χ4n) is 5.70. The predicted octanol–water partition coefficient (Wildman–Crippen LogP) is 2.64. The van der Waals surface area contributed by atoms with Gasteiger partial charge in [-0.25, -0.2) is 9.78 Å². The summed E-state index contributed by atoms with van der Waals surface area (Å²) in [6, 6.07) is -2.74. The SMILES string of the molecule is CCC1CN(C(=O)C(NC(=O)C(NC(=O)c2cnccn2)C2CCCCC2)C(C)(C)C)C(C(=O)O)C1C. The predicted molar refractivity (Wildman–Crippen MR) is 137 cm³/mol. The summed E-state index contributed by atoms with van der Waals surface area (Å²) in [6.07, 6.45) is 9.56. The Morgan fingerprint density at radius 2 is 1.78 bits per heavy atom. The Bertz CT molecular complexity index is 973. The van der Waals surface area contributed by atoms with E-state index in [0.29, 0.717) is 6.54 Å². The minimum atomic E-state index is -1.04. The van der Waals surface area contributed by atoms with Crippen LogP contribution in [0.4, 0.5) is 0 Å². The number of likely N-dealkylation sites (tertiary alicyclic amines) is 1. The fraction of sp³-hybridized carbons (Fsp3) is 0.704. The van der Waals surface area contributed by atoms with Gasteiger partial charge in [0.1, 0.15) is 23.8 Å². The van der Waals surface area contributed by atoms with Crippen molar-refractivity contribution in [2.24, 2.45) is 23.2 Å². The number of rotatable bonds is 8. The average Bonchev–Trinajstić information content (AvgIpc) is 3.22. The number of amides is 3. The first kappa shape index (κ1) is 28.5. The number of carboxylic acids is 1. The maximum atomic E-state index is 13.8. The molecule has 5 unspecified atom stereocenters. The zero-order valence-corrected chi connectivity index (χ0v) is 22.6. The van der Waals surface area contributed by atoms with Crippen LogP contribution in [0, 0.1) is 23.2 Å². The summed E-state index contributed by atoms with van der Waals surface area (Å²) in [7, 11) is 0. The molecule has 10 heteroatoms. The molecule has 0 bridgehead atoms. The summed E-state index contributed by atoms with van der Waals surface area (Å²) in [4.78, 5) is 62.0. The lowest BCUT2D eigenvalue weighted by Crippen LogP contribution is -2.61. The summed E-state index contributed by atoms with van der Waals surface area (Å²) < 4.78 is 0. The van der Waals surface area contributed by atoms with E-state index in [4.69, 9.17) is 0 Å². The second-order valence-corrected chi connectivity index (χ2v) is 11.5. The highest BCUT2D eigenvalue weighted by molar-refractivity contribution is 5.97. The average molecular weight is 516 g/mol. The van der Waals surface area contributed by atoms with Crippen molar-refractivity contribution < 1.29 is 24.3 Å². The van der Waals surface area contributed by atoms with Crippen LogP contribution in [0.15, 0.2) is 18.6 Å². The Kier molecular flexibility index (Phi) is 9.26. The minimum absolute atomic E-state index is 0.0719. The quantitative estimate of drug-likeness (QED) is 0.483. The van der Waals surface area contributed by atoms with Crippen LogP contribution >= 0.6 is 0 Å². The minimum Gasteiger partial charge on any atom is -0.480 e. The first-order valence-corrected chi connectivity index (χ1v) is 13.4.